The molecule has 2 N–H and O–H groups in total. The van der Waals surface area contributed by atoms with Crippen LogP contribution in [0, 0.1) is 6.92 Å². The van der Waals surface area contributed by atoms with E-state index in [1.165, 1.54) is 37.9 Å². The van der Waals surface area contributed by atoms with Crippen LogP contribution in [0.3, 0.4) is 0 Å². The van der Waals surface area contributed by atoms with Gasteiger partial charge in [0.15, 0.2) is 0 Å². The Morgan fingerprint density at radius 3 is 2.53 bits per heavy atom. The molecule has 0 spiro atoms. The van der Waals surface area contributed by atoms with Crippen molar-refractivity contribution in [3.8, 4) is 11.4 Å². The van der Waals surface area contributed by atoms with E-state index in [1.807, 2.05) is 6.07 Å². The number of aromatic amines is 1. The largest absolute Gasteiger partial charge is 0.352 e. The zero-order chi connectivity index (χ0) is 22.3. The summed E-state index contributed by atoms with van der Waals surface area (Å²) in [5.41, 5.74) is 3.69. The molecular weight excluding hydrogens is 402 g/mol. The molecule has 0 unspecified atom stereocenters. The number of aryl methyl sites for hydroxylation is 1. The zero-order valence-corrected chi connectivity index (χ0v) is 18.4. The van der Waals surface area contributed by atoms with Gasteiger partial charge in [-0.25, -0.2) is 4.98 Å². The Labute approximate surface area is 187 Å². The van der Waals surface area contributed by atoms with Gasteiger partial charge in [-0.15, -0.1) is 0 Å². The van der Waals surface area contributed by atoms with Crippen LogP contribution in [0.15, 0.2) is 53.6 Å². The van der Waals surface area contributed by atoms with Crippen LogP contribution in [0.25, 0.3) is 11.4 Å². The van der Waals surface area contributed by atoms with E-state index in [0.29, 0.717) is 23.6 Å². The highest BCUT2D eigenvalue weighted by Crippen LogP contribution is 2.14. The van der Waals surface area contributed by atoms with Crippen LogP contribution in [-0.2, 0) is 24.3 Å². The third-order valence-electron chi connectivity index (χ3n) is 5.86. The van der Waals surface area contributed by atoms with Crippen LogP contribution in [0.2, 0.25) is 0 Å². The van der Waals surface area contributed by atoms with Crippen LogP contribution in [-0.4, -0.2) is 38.8 Å². The molecule has 1 fully saturated rings. The van der Waals surface area contributed by atoms with Crippen LogP contribution in [0.5, 0.6) is 0 Å². The van der Waals surface area contributed by atoms with E-state index in [4.69, 9.17) is 0 Å². The van der Waals surface area contributed by atoms with Gasteiger partial charge < -0.3 is 10.3 Å². The molecule has 0 radical (unpaired) electrons. The van der Waals surface area contributed by atoms with E-state index < -0.39 is 0 Å². The second-order valence-corrected chi connectivity index (χ2v) is 8.33. The highest BCUT2D eigenvalue weighted by atomic mass is 16.2. The molecule has 1 aliphatic heterocycles. The molecule has 1 aromatic carbocycles. The van der Waals surface area contributed by atoms with Gasteiger partial charge in [0.05, 0.1) is 6.42 Å². The second kappa shape index (κ2) is 10.3. The fourth-order valence-corrected chi connectivity index (χ4v) is 4.02. The summed E-state index contributed by atoms with van der Waals surface area (Å²) < 4.78 is 0. The summed E-state index contributed by atoms with van der Waals surface area (Å²) in [6, 6.07) is 12.0. The number of H-pyrrole nitrogens is 1. The number of hydrogen-bond acceptors (Lipinski definition) is 5. The molecule has 32 heavy (non-hydrogen) atoms. The first kappa shape index (κ1) is 21.9. The number of piperidine rings is 1. The number of hydrogen-bond donors (Lipinski definition) is 2. The lowest BCUT2D eigenvalue weighted by Crippen LogP contribution is -2.29. The van der Waals surface area contributed by atoms with Crippen LogP contribution in [0.1, 0.15) is 41.6 Å². The Morgan fingerprint density at radius 2 is 1.84 bits per heavy atom. The Morgan fingerprint density at radius 1 is 1.09 bits per heavy atom. The third-order valence-corrected chi connectivity index (χ3v) is 5.86. The predicted octanol–water partition coefficient (Wildman–Crippen LogP) is 2.99. The number of pyridine rings is 1. The minimum absolute atomic E-state index is 0.00543. The highest BCUT2D eigenvalue weighted by Gasteiger charge is 2.14. The van der Waals surface area contributed by atoms with Crippen molar-refractivity contribution < 1.29 is 4.79 Å². The van der Waals surface area contributed by atoms with Crippen molar-refractivity contribution in [1.29, 1.82) is 0 Å². The summed E-state index contributed by atoms with van der Waals surface area (Å²) in [7, 11) is 0. The molecule has 0 saturated carbocycles. The summed E-state index contributed by atoms with van der Waals surface area (Å²) in [5.74, 6) is 0.251. The van der Waals surface area contributed by atoms with Gasteiger partial charge >= 0.3 is 0 Å². The van der Waals surface area contributed by atoms with Gasteiger partial charge in [-0.1, -0.05) is 30.7 Å². The monoisotopic (exact) mass is 431 g/mol. The van der Waals surface area contributed by atoms with Crippen molar-refractivity contribution in [3.63, 3.8) is 0 Å². The number of aromatic nitrogens is 3. The van der Waals surface area contributed by atoms with Gasteiger partial charge in [0.25, 0.3) is 5.56 Å². The number of amides is 1. The average molecular weight is 432 g/mol. The van der Waals surface area contributed by atoms with Gasteiger partial charge in [-0.05, 0) is 56.1 Å². The van der Waals surface area contributed by atoms with Gasteiger partial charge in [0, 0.05) is 42.3 Å². The van der Waals surface area contributed by atoms with Gasteiger partial charge in [0.2, 0.25) is 5.91 Å². The normalized spacial score (nSPS) is 14.3. The first-order valence-corrected chi connectivity index (χ1v) is 11.2. The van der Waals surface area contributed by atoms with E-state index >= 15 is 0 Å². The molecular formula is C25H29N5O2. The molecule has 166 valence electrons. The van der Waals surface area contributed by atoms with E-state index in [0.717, 1.165) is 17.7 Å². The number of nitrogens with zero attached hydrogens (tertiary/aromatic N) is 3. The molecule has 3 aromatic rings. The minimum Gasteiger partial charge on any atom is -0.352 e. The summed E-state index contributed by atoms with van der Waals surface area (Å²) in [4.78, 5) is 38.8. The summed E-state index contributed by atoms with van der Waals surface area (Å²) in [6.45, 7) is 5.51. The Balaban J connectivity index is 1.32. The number of rotatable bonds is 7. The van der Waals surface area contributed by atoms with E-state index in [-0.39, 0.29) is 17.9 Å². The number of carbonyl (C=O) groups excluding carboxylic acids is 1. The quantitative estimate of drug-likeness (QED) is 0.600. The predicted molar refractivity (Wildman–Crippen MR) is 124 cm³/mol. The molecule has 7 nitrogen and oxygen atoms in total. The summed E-state index contributed by atoms with van der Waals surface area (Å²) in [5, 5.41) is 2.91. The molecule has 3 heterocycles. The number of carbonyl (C=O) groups is 1. The number of benzene rings is 1. The zero-order valence-electron chi connectivity index (χ0n) is 18.4. The topological polar surface area (TPSA) is 91.0 Å². The smallest absolute Gasteiger partial charge is 0.255 e. The fourth-order valence-electron chi connectivity index (χ4n) is 4.02. The van der Waals surface area contributed by atoms with Crippen LogP contribution >= 0.6 is 0 Å². The van der Waals surface area contributed by atoms with Crippen LogP contribution < -0.4 is 10.9 Å². The average Bonchev–Trinajstić information content (AvgIpc) is 2.82. The third kappa shape index (κ3) is 5.68. The van der Waals surface area contributed by atoms with Crippen LogP contribution in [0.4, 0.5) is 0 Å². The second-order valence-electron chi connectivity index (χ2n) is 8.33. The lowest BCUT2D eigenvalue weighted by molar-refractivity contribution is -0.120. The lowest BCUT2D eigenvalue weighted by Gasteiger charge is -2.26. The Bertz CT molecular complexity index is 1100. The molecule has 1 saturated heterocycles. The molecule has 4 rings (SSSR count). The highest BCUT2D eigenvalue weighted by molar-refractivity contribution is 5.78. The van der Waals surface area contributed by atoms with Gasteiger partial charge in [0.1, 0.15) is 5.82 Å². The fraction of sp³-hybridized carbons (Fsp3) is 0.360. The Kier molecular flexibility index (Phi) is 7.07. The van der Waals surface area contributed by atoms with E-state index in [2.05, 4.69) is 49.4 Å². The Hall–Kier alpha value is -3.32. The van der Waals surface area contributed by atoms with Crippen molar-refractivity contribution in [1.82, 2.24) is 25.2 Å². The SMILES string of the molecule is Cc1nc(-c2cccnc2)[nH]c(=O)c1CC(=O)NCc1ccc(CN2CCCCC2)cc1. The molecule has 1 aliphatic rings. The van der Waals surface area contributed by atoms with Crippen molar-refractivity contribution in [2.45, 2.75) is 45.7 Å². The summed E-state index contributed by atoms with van der Waals surface area (Å²) >= 11 is 0. The standard InChI is InChI=1S/C25H29N5O2/c1-18-22(25(32)29-24(28-18)21-6-5-11-26-16-21)14-23(31)27-15-19-7-9-20(10-8-19)17-30-12-3-2-4-13-30/h5-11,16H,2-4,12-15,17H2,1H3,(H,27,31)(H,28,29,32). The maximum Gasteiger partial charge on any atom is 0.255 e. The molecule has 2 aromatic heterocycles. The molecule has 1 amide bonds. The molecule has 7 heteroatoms. The van der Waals surface area contributed by atoms with Gasteiger partial charge in [-0.3, -0.25) is 19.5 Å². The van der Waals surface area contributed by atoms with Crippen molar-refractivity contribution >= 4 is 5.91 Å². The maximum atomic E-state index is 12.5. The summed E-state index contributed by atoms with van der Waals surface area (Å²) in [6.07, 6.45) is 7.21. The van der Waals surface area contributed by atoms with Gasteiger partial charge in [-0.2, -0.15) is 0 Å². The van der Waals surface area contributed by atoms with Crippen molar-refractivity contribution in [3.05, 3.63) is 81.5 Å². The lowest BCUT2D eigenvalue weighted by atomic mass is 10.1. The van der Waals surface area contributed by atoms with E-state index in [1.54, 1.807) is 25.4 Å². The van der Waals surface area contributed by atoms with Crippen molar-refractivity contribution in [2.24, 2.45) is 0 Å². The number of nitrogens with one attached hydrogen (secondary N) is 2. The molecule has 0 aliphatic carbocycles. The first-order valence-electron chi connectivity index (χ1n) is 11.2. The first-order chi connectivity index (χ1) is 15.6. The molecule has 0 bridgehead atoms. The molecule has 0 atom stereocenters. The maximum absolute atomic E-state index is 12.5. The minimum atomic E-state index is -0.298. The van der Waals surface area contributed by atoms with Crippen molar-refractivity contribution in [2.75, 3.05) is 13.1 Å². The van der Waals surface area contributed by atoms with E-state index in [9.17, 15) is 9.59 Å². The number of likely N-dealkylation sites (tertiary alicyclic amines) is 1.